The average Bonchev–Trinajstić information content (AvgIpc) is 1.50. The van der Waals surface area contributed by atoms with E-state index < -0.39 is 0 Å². The Morgan fingerprint density at radius 3 is 1.25 bits per heavy atom. The number of rotatable bonds is 0. The van der Waals surface area contributed by atoms with Gasteiger partial charge in [0.15, 0.2) is 0 Å². The summed E-state index contributed by atoms with van der Waals surface area (Å²) >= 11 is 3.03. The second kappa shape index (κ2) is 231. The van der Waals surface area contributed by atoms with Gasteiger partial charge in [-0.1, -0.05) is 0 Å². The van der Waals surface area contributed by atoms with Crippen LogP contribution in [0, 0.1) is 0 Å². The van der Waals surface area contributed by atoms with Gasteiger partial charge in [0, 0.05) is 0 Å². The van der Waals surface area contributed by atoms with E-state index in [1.165, 1.54) is 7.05 Å². The van der Waals surface area contributed by atoms with Gasteiger partial charge < -0.3 is 5.73 Å². The molecule has 0 aromatic rings. The summed E-state index contributed by atoms with van der Waals surface area (Å²) in [6.45, 7) is 0. The topological polar surface area (TPSA) is 52.0 Å². The molecule has 0 saturated carbocycles. The van der Waals surface area contributed by atoms with Crippen molar-refractivity contribution in [3.05, 3.63) is 0 Å². The molecular formula is CH8N2S. The van der Waals surface area contributed by atoms with E-state index in [9.17, 15) is 0 Å². The van der Waals surface area contributed by atoms with Crippen molar-refractivity contribution < 1.29 is 0 Å². The molecule has 0 aliphatic carbocycles. The smallest absolute Gasteiger partial charge is 0.0195 e. The van der Waals surface area contributed by atoms with E-state index in [-0.39, 0.29) is 0 Å². The molecule has 0 fully saturated rings. The third-order valence-electron chi connectivity index (χ3n) is 0. The van der Waals surface area contributed by atoms with Gasteiger partial charge in [0.25, 0.3) is 0 Å². The van der Waals surface area contributed by atoms with Gasteiger partial charge in [0.05, 0.1) is 0 Å². The highest BCUT2D eigenvalue weighted by atomic mass is 32.1. The molecule has 4 N–H and O–H groups in total. The van der Waals surface area contributed by atoms with Crippen molar-refractivity contribution in [2.75, 3.05) is 7.05 Å². The van der Waals surface area contributed by atoms with Crippen molar-refractivity contribution in [3.8, 4) is 0 Å². The molecule has 0 aliphatic heterocycles. The molecule has 0 atom stereocenters. The van der Waals surface area contributed by atoms with Crippen molar-refractivity contribution in [3.63, 3.8) is 0 Å². The summed E-state index contributed by atoms with van der Waals surface area (Å²) in [6.07, 6.45) is 0. The van der Waals surface area contributed by atoms with Crippen molar-refractivity contribution in [1.29, 1.82) is 0 Å². The number of nitrogens with two attached hydrogens (primary N) is 2. The molecular weight excluding hydrogens is 72.1 g/mol. The van der Waals surface area contributed by atoms with E-state index in [4.69, 9.17) is 0 Å². The van der Waals surface area contributed by atoms with Crippen LogP contribution in [-0.4, -0.2) is 7.05 Å². The summed E-state index contributed by atoms with van der Waals surface area (Å²) in [5, 5.41) is 4.19. The van der Waals surface area contributed by atoms with E-state index in [1.54, 1.807) is 0 Å². The fourth-order valence-electron chi connectivity index (χ4n) is 0. The molecule has 3 heteroatoms. The zero-order chi connectivity index (χ0) is 4.00. The lowest BCUT2D eigenvalue weighted by molar-refractivity contribution is 1.48. The predicted molar refractivity (Wildman–Crippen MR) is 23.3 cm³/mol. The Bertz CT molecular complexity index is 6.00. The fraction of sp³-hybridized carbons (Fsp3) is 1.00. The fourth-order valence-corrected chi connectivity index (χ4v) is 0. The van der Waals surface area contributed by atoms with Crippen LogP contribution in [0.2, 0.25) is 0 Å². The molecule has 0 radical (unpaired) electrons. The van der Waals surface area contributed by atoms with Crippen molar-refractivity contribution >= 4 is 12.8 Å². The van der Waals surface area contributed by atoms with E-state index in [1.807, 2.05) is 0 Å². The molecule has 0 heterocycles. The first-order chi connectivity index (χ1) is 2.00. The van der Waals surface area contributed by atoms with Crippen molar-refractivity contribution in [2.45, 2.75) is 0 Å². The van der Waals surface area contributed by atoms with Gasteiger partial charge in [-0.05, 0) is 7.05 Å². The first kappa shape index (κ1) is 8.86. The molecule has 0 spiro atoms. The summed E-state index contributed by atoms with van der Waals surface area (Å²) in [6, 6.07) is 0. The maximum absolute atomic E-state index is 4.50. The van der Waals surface area contributed by atoms with Gasteiger partial charge in [-0.15, -0.1) is 12.8 Å². The van der Waals surface area contributed by atoms with Crippen LogP contribution in [-0.2, 0) is 0 Å². The molecule has 0 bridgehead atoms. The molecule has 0 aliphatic rings. The lowest BCUT2D eigenvalue weighted by Gasteiger charge is -1.20. The average molecular weight is 80.2 g/mol. The standard InChI is InChI=1S/CH5N.H3NS/c2*1-2/h2H2,1H3;2H,1H2. The van der Waals surface area contributed by atoms with E-state index in [2.05, 4.69) is 23.7 Å². The van der Waals surface area contributed by atoms with E-state index in [0.717, 1.165) is 0 Å². The molecule has 0 rings (SSSR count). The Labute approximate surface area is 31.7 Å². The Balaban J connectivity index is 0. The van der Waals surface area contributed by atoms with Crippen LogP contribution in [0.5, 0.6) is 0 Å². The van der Waals surface area contributed by atoms with E-state index >= 15 is 0 Å². The lowest BCUT2D eigenvalue weighted by Crippen LogP contribution is -1.69. The van der Waals surface area contributed by atoms with Crippen LogP contribution < -0.4 is 10.9 Å². The zero-order valence-electron chi connectivity index (χ0n) is 2.60. The van der Waals surface area contributed by atoms with Crippen LogP contribution in [0.3, 0.4) is 0 Å². The predicted octanol–water partition coefficient (Wildman–Crippen LogP) is -0.635. The van der Waals surface area contributed by atoms with Crippen LogP contribution in [0.1, 0.15) is 0 Å². The Kier molecular flexibility index (Phi) is 512. The van der Waals surface area contributed by atoms with Crippen LogP contribution >= 0.6 is 12.8 Å². The largest absolute Gasteiger partial charge is 0.333 e. The van der Waals surface area contributed by atoms with Gasteiger partial charge >= 0.3 is 0 Å². The van der Waals surface area contributed by atoms with Gasteiger partial charge in [-0.2, -0.15) is 0 Å². The minimum absolute atomic E-state index is 1.50. The first-order valence-corrected chi connectivity index (χ1v) is 1.35. The number of thiol groups is 1. The molecule has 0 aromatic heterocycles. The summed E-state index contributed by atoms with van der Waals surface area (Å²) in [4.78, 5) is 0. The quantitative estimate of drug-likeness (QED) is 0.339. The van der Waals surface area contributed by atoms with Crippen molar-refractivity contribution in [1.82, 2.24) is 0 Å². The molecule has 2 nitrogen and oxygen atoms in total. The van der Waals surface area contributed by atoms with Crippen LogP contribution in [0.25, 0.3) is 0 Å². The third kappa shape index (κ3) is 50.2. The van der Waals surface area contributed by atoms with Gasteiger partial charge in [0.2, 0.25) is 0 Å². The summed E-state index contributed by atoms with van der Waals surface area (Å²) in [5.74, 6) is 0. The minimum atomic E-state index is 1.50. The minimum Gasteiger partial charge on any atom is -0.333 e. The Morgan fingerprint density at radius 2 is 1.25 bits per heavy atom. The van der Waals surface area contributed by atoms with Crippen molar-refractivity contribution in [2.24, 2.45) is 10.9 Å². The second-order valence-electron chi connectivity index (χ2n) is 0. The normalized spacial score (nSPS) is 3.00. The van der Waals surface area contributed by atoms with Gasteiger partial charge in [0.1, 0.15) is 0 Å². The third-order valence-corrected chi connectivity index (χ3v) is 0. The highest BCUT2D eigenvalue weighted by Gasteiger charge is 0.836. The molecule has 28 valence electrons. The highest BCUT2D eigenvalue weighted by molar-refractivity contribution is 7.77. The highest BCUT2D eigenvalue weighted by Crippen LogP contribution is 1.12. The number of hydrogen-bond donors (Lipinski definition) is 3. The molecule has 0 saturated heterocycles. The second-order valence-corrected chi connectivity index (χ2v) is 0. The maximum atomic E-state index is 4.50. The zero-order valence-corrected chi connectivity index (χ0v) is 3.50. The van der Waals surface area contributed by atoms with Crippen LogP contribution in [0.4, 0.5) is 0 Å². The molecule has 0 amide bonds. The molecule has 0 aromatic carbocycles. The monoisotopic (exact) mass is 80.0 g/mol. The SMILES string of the molecule is CN.NS. The summed E-state index contributed by atoms with van der Waals surface area (Å²) < 4.78 is 0. The van der Waals surface area contributed by atoms with Crippen LogP contribution in [0.15, 0.2) is 0 Å². The Morgan fingerprint density at radius 1 is 1.25 bits per heavy atom. The molecule has 0 unspecified atom stereocenters. The first-order valence-electron chi connectivity index (χ1n) is 0.836. The van der Waals surface area contributed by atoms with E-state index in [0.29, 0.717) is 0 Å². The van der Waals surface area contributed by atoms with Gasteiger partial charge in [-0.25, -0.2) is 0 Å². The molecule has 4 heavy (non-hydrogen) atoms. The lowest BCUT2D eigenvalue weighted by atomic mass is 11.6. The summed E-state index contributed by atoms with van der Waals surface area (Å²) in [5.41, 5.74) is 4.50. The number of hydrogen-bond acceptors (Lipinski definition) is 3. The summed E-state index contributed by atoms with van der Waals surface area (Å²) in [7, 11) is 1.50. The van der Waals surface area contributed by atoms with Gasteiger partial charge in [-0.3, -0.25) is 5.14 Å². The Hall–Kier alpha value is 0.270. The maximum Gasteiger partial charge on any atom is -0.0195 e.